The molecule has 0 bridgehead atoms. The maximum absolute atomic E-state index is 12.3. The molecule has 26 heavy (non-hydrogen) atoms. The van der Waals surface area contributed by atoms with Crippen molar-refractivity contribution < 1.29 is 19.1 Å². The highest BCUT2D eigenvalue weighted by molar-refractivity contribution is 5.94. The second-order valence-electron chi connectivity index (χ2n) is 7.15. The van der Waals surface area contributed by atoms with E-state index in [4.69, 9.17) is 9.47 Å². The van der Waals surface area contributed by atoms with Gasteiger partial charge < -0.3 is 14.8 Å². The van der Waals surface area contributed by atoms with Crippen LogP contribution in [-0.2, 0) is 16.1 Å². The SMILES string of the molecule is Cc1cccc(COc2ccccc2C(=O)OCC(=O)NC(C)(C)C)c1. The largest absolute Gasteiger partial charge is 0.488 e. The second-order valence-corrected chi connectivity index (χ2v) is 7.15. The van der Waals surface area contributed by atoms with Crippen molar-refractivity contribution in [2.75, 3.05) is 6.61 Å². The van der Waals surface area contributed by atoms with E-state index < -0.39 is 5.97 Å². The first-order valence-corrected chi connectivity index (χ1v) is 8.50. The van der Waals surface area contributed by atoms with Gasteiger partial charge in [0.1, 0.15) is 17.9 Å². The van der Waals surface area contributed by atoms with Crippen LogP contribution in [0.5, 0.6) is 5.75 Å². The van der Waals surface area contributed by atoms with E-state index in [1.165, 1.54) is 0 Å². The van der Waals surface area contributed by atoms with Gasteiger partial charge in [-0.05, 0) is 45.4 Å². The summed E-state index contributed by atoms with van der Waals surface area (Å²) in [6.45, 7) is 7.61. The minimum absolute atomic E-state index is 0.295. The van der Waals surface area contributed by atoms with Gasteiger partial charge in [0.2, 0.25) is 0 Å². The lowest BCUT2D eigenvalue weighted by molar-refractivity contribution is -0.125. The number of benzene rings is 2. The van der Waals surface area contributed by atoms with Gasteiger partial charge >= 0.3 is 5.97 Å². The van der Waals surface area contributed by atoms with E-state index in [1.54, 1.807) is 24.3 Å². The van der Waals surface area contributed by atoms with Crippen LogP contribution in [0.15, 0.2) is 48.5 Å². The molecule has 0 atom stereocenters. The van der Waals surface area contributed by atoms with Crippen LogP contribution in [0.4, 0.5) is 0 Å². The molecule has 2 aromatic rings. The minimum atomic E-state index is -0.589. The van der Waals surface area contributed by atoms with E-state index in [0.29, 0.717) is 17.9 Å². The molecule has 2 aromatic carbocycles. The van der Waals surface area contributed by atoms with Crippen molar-refractivity contribution in [3.8, 4) is 5.75 Å². The molecule has 0 aliphatic carbocycles. The topological polar surface area (TPSA) is 64.6 Å². The summed E-state index contributed by atoms with van der Waals surface area (Å²) in [7, 11) is 0. The van der Waals surface area contributed by atoms with Gasteiger partial charge in [0.15, 0.2) is 6.61 Å². The Balaban J connectivity index is 1.99. The number of hydrogen-bond acceptors (Lipinski definition) is 4. The lowest BCUT2D eigenvalue weighted by Gasteiger charge is -2.20. The van der Waals surface area contributed by atoms with Crippen LogP contribution in [0.3, 0.4) is 0 Å². The predicted molar refractivity (Wildman–Crippen MR) is 100 cm³/mol. The fourth-order valence-corrected chi connectivity index (χ4v) is 2.39. The van der Waals surface area contributed by atoms with Crippen LogP contribution in [0, 0.1) is 6.92 Å². The van der Waals surface area contributed by atoms with Crippen molar-refractivity contribution in [2.45, 2.75) is 39.8 Å². The lowest BCUT2D eigenvalue weighted by atomic mass is 10.1. The summed E-state index contributed by atoms with van der Waals surface area (Å²) in [6, 6.07) is 14.8. The summed E-state index contributed by atoms with van der Waals surface area (Å²) >= 11 is 0. The van der Waals surface area contributed by atoms with E-state index in [2.05, 4.69) is 5.32 Å². The van der Waals surface area contributed by atoms with Gasteiger partial charge in [-0.3, -0.25) is 4.79 Å². The Morgan fingerprint density at radius 1 is 1.04 bits per heavy atom. The quantitative estimate of drug-likeness (QED) is 0.804. The van der Waals surface area contributed by atoms with E-state index in [-0.39, 0.29) is 18.1 Å². The molecule has 0 aromatic heterocycles. The molecule has 1 N–H and O–H groups in total. The molecule has 1 amide bonds. The molecule has 0 fully saturated rings. The fraction of sp³-hybridized carbons (Fsp3) is 0.333. The highest BCUT2D eigenvalue weighted by atomic mass is 16.5. The third-order valence-electron chi connectivity index (χ3n) is 3.43. The molecule has 0 aliphatic heterocycles. The Labute approximate surface area is 154 Å². The fourth-order valence-electron chi connectivity index (χ4n) is 2.39. The van der Waals surface area contributed by atoms with Crippen LogP contribution in [0.1, 0.15) is 42.3 Å². The number of hydrogen-bond donors (Lipinski definition) is 1. The van der Waals surface area contributed by atoms with E-state index in [1.807, 2.05) is 52.0 Å². The van der Waals surface area contributed by atoms with Crippen molar-refractivity contribution in [3.63, 3.8) is 0 Å². The van der Waals surface area contributed by atoms with Gasteiger partial charge in [-0.15, -0.1) is 0 Å². The third-order valence-corrected chi connectivity index (χ3v) is 3.43. The van der Waals surface area contributed by atoms with Crippen LogP contribution >= 0.6 is 0 Å². The van der Waals surface area contributed by atoms with E-state index >= 15 is 0 Å². The predicted octanol–water partition coefficient (Wildman–Crippen LogP) is 3.65. The number of carbonyl (C=O) groups excluding carboxylic acids is 2. The summed E-state index contributed by atoms with van der Waals surface area (Å²) in [4.78, 5) is 24.1. The lowest BCUT2D eigenvalue weighted by Crippen LogP contribution is -2.42. The third kappa shape index (κ3) is 6.24. The number of amides is 1. The summed E-state index contributed by atoms with van der Waals surface area (Å²) in [5.74, 6) is -0.506. The molecule has 0 saturated carbocycles. The highest BCUT2D eigenvalue weighted by Crippen LogP contribution is 2.20. The molecule has 0 saturated heterocycles. The average molecular weight is 355 g/mol. The van der Waals surface area contributed by atoms with Gasteiger partial charge in [0.05, 0.1) is 0 Å². The Kier molecular flexibility index (Phi) is 6.39. The second kappa shape index (κ2) is 8.52. The molecule has 0 aliphatic rings. The van der Waals surface area contributed by atoms with Crippen molar-refractivity contribution in [1.29, 1.82) is 0 Å². The Hall–Kier alpha value is -2.82. The molecular weight excluding hydrogens is 330 g/mol. The molecule has 5 nitrogen and oxygen atoms in total. The molecular formula is C21H25NO4. The maximum atomic E-state index is 12.3. The first kappa shape index (κ1) is 19.5. The Bertz CT molecular complexity index is 778. The van der Waals surface area contributed by atoms with Crippen LogP contribution in [0.2, 0.25) is 0 Å². The number of rotatable bonds is 6. The number of carbonyl (C=O) groups is 2. The minimum Gasteiger partial charge on any atom is -0.488 e. The van der Waals surface area contributed by atoms with Crippen molar-refractivity contribution >= 4 is 11.9 Å². The normalized spacial score (nSPS) is 10.9. The first-order chi connectivity index (χ1) is 12.2. The van der Waals surface area contributed by atoms with E-state index in [0.717, 1.165) is 11.1 Å². The molecule has 2 rings (SSSR count). The van der Waals surface area contributed by atoms with Crippen molar-refractivity contribution in [1.82, 2.24) is 5.32 Å². The zero-order valence-electron chi connectivity index (χ0n) is 15.7. The summed E-state index contributed by atoms with van der Waals surface area (Å²) < 4.78 is 10.9. The van der Waals surface area contributed by atoms with Gasteiger partial charge in [0.25, 0.3) is 5.91 Å². The molecule has 5 heteroatoms. The van der Waals surface area contributed by atoms with Crippen molar-refractivity contribution in [2.24, 2.45) is 0 Å². The standard InChI is InChI=1S/C21H25NO4/c1-15-8-7-9-16(12-15)13-25-18-11-6-5-10-17(18)20(24)26-14-19(23)22-21(2,3)4/h5-12H,13-14H2,1-4H3,(H,22,23). The molecule has 0 radical (unpaired) electrons. The molecule has 0 unspecified atom stereocenters. The number of para-hydroxylation sites is 1. The van der Waals surface area contributed by atoms with Gasteiger partial charge in [0, 0.05) is 5.54 Å². The zero-order valence-corrected chi connectivity index (χ0v) is 15.7. The first-order valence-electron chi connectivity index (χ1n) is 8.50. The molecule has 0 heterocycles. The Morgan fingerprint density at radius 2 is 1.77 bits per heavy atom. The summed E-state index contributed by atoms with van der Waals surface area (Å²) in [6.07, 6.45) is 0. The molecule has 138 valence electrons. The monoisotopic (exact) mass is 355 g/mol. The smallest absolute Gasteiger partial charge is 0.342 e. The van der Waals surface area contributed by atoms with Crippen LogP contribution < -0.4 is 10.1 Å². The number of nitrogens with one attached hydrogen (secondary N) is 1. The van der Waals surface area contributed by atoms with E-state index in [9.17, 15) is 9.59 Å². The van der Waals surface area contributed by atoms with Crippen molar-refractivity contribution in [3.05, 3.63) is 65.2 Å². The number of aryl methyl sites for hydroxylation is 1. The number of ether oxygens (including phenoxy) is 2. The average Bonchev–Trinajstić information content (AvgIpc) is 2.57. The zero-order chi connectivity index (χ0) is 19.2. The summed E-state index contributed by atoms with van der Waals surface area (Å²) in [5.41, 5.74) is 2.07. The van der Waals surface area contributed by atoms with Gasteiger partial charge in [-0.1, -0.05) is 42.0 Å². The maximum Gasteiger partial charge on any atom is 0.342 e. The van der Waals surface area contributed by atoms with Crippen LogP contribution in [-0.4, -0.2) is 24.0 Å². The van der Waals surface area contributed by atoms with Gasteiger partial charge in [-0.2, -0.15) is 0 Å². The highest BCUT2D eigenvalue weighted by Gasteiger charge is 2.18. The Morgan fingerprint density at radius 3 is 2.46 bits per heavy atom. The summed E-state index contributed by atoms with van der Waals surface area (Å²) in [5, 5.41) is 2.75. The van der Waals surface area contributed by atoms with Gasteiger partial charge in [-0.25, -0.2) is 4.79 Å². The number of esters is 1. The molecule has 0 spiro atoms. The van der Waals surface area contributed by atoms with Crippen LogP contribution in [0.25, 0.3) is 0 Å².